The zero-order valence-electron chi connectivity index (χ0n) is 9.80. The molecule has 2 aliphatic heterocycles. The molecular weight excluding hydrogens is 198 g/mol. The van der Waals surface area contributed by atoms with Gasteiger partial charge in [0.05, 0.1) is 12.6 Å². The van der Waals surface area contributed by atoms with E-state index in [2.05, 4.69) is 42.2 Å². The minimum Gasteiger partial charge on any atom is -0.361 e. The molecule has 2 heteroatoms. The minimum atomic E-state index is 0.369. The van der Waals surface area contributed by atoms with Crippen LogP contribution in [0.25, 0.3) is 0 Å². The highest BCUT2D eigenvalue weighted by molar-refractivity contribution is 5.20. The number of hydrogen-bond acceptors (Lipinski definition) is 2. The molecule has 0 radical (unpaired) electrons. The standard InChI is InChI=1S/C14H19NO/c1-11-6-5-9-14-15(11)13(10-16-14)12-7-3-2-4-8-12/h2-4,7-8,11,13-14H,5-6,9-10H2,1H3. The normalized spacial score (nSPS) is 34.9. The summed E-state index contributed by atoms with van der Waals surface area (Å²) in [4.78, 5) is 2.57. The van der Waals surface area contributed by atoms with Gasteiger partial charge in [-0.05, 0) is 31.7 Å². The molecule has 86 valence electrons. The molecule has 0 aliphatic carbocycles. The SMILES string of the molecule is CC1CCCC2OCC(c3ccccc3)N12. The van der Waals surface area contributed by atoms with E-state index in [0.717, 1.165) is 6.61 Å². The molecule has 2 aliphatic rings. The summed E-state index contributed by atoms with van der Waals surface area (Å²) in [7, 11) is 0. The van der Waals surface area contributed by atoms with Crippen LogP contribution in [0, 0.1) is 0 Å². The van der Waals surface area contributed by atoms with Crippen LogP contribution in [-0.2, 0) is 4.74 Å². The second-order valence-electron chi connectivity index (χ2n) is 4.94. The number of nitrogens with zero attached hydrogens (tertiary/aromatic N) is 1. The first kappa shape index (κ1) is 10.3. The van der Waals surface area contributed by atoms with Gasteiger partial charge in [0.1, 0.15) is 6.23 Å². The summed E-state index contributed by atoms with van der Waals surface area (Å²) >= 11 is 0. The van der Waals surface area contributed by atoms with Gasteiger partial charge >= 0.3 is 0 Å². The predicted molar refractivity (Wildman–Crippen MR) is 64.1 cm³/mol. The van der Waals surface area contributed by atoms with Crippen molar-refractivity contribution in [1.29, 1.82) is 0 Å². The molecule has 1 aromatic rings. The van der Waals surface area contributed by atoms with Gasteiger partial charge in [0, 0.05) is 6.04 Å². The van der Waals surface area contributed by atoms with Crippen LogP contribution in [0.15, 0.2) is 30.3 Å². The van der Waals surface area contributed by atoms with Gasteiger partial charge in [0.25, 0.3) is 0 Å². The number of hydrogen-bond donors (Lipinski definition) is 0. The Kier molecular flexibility index (Phi) is 2.70. The number of ether oxygens (including phenoxy) is 1. The maximum absolute atomic E-state index is 5.92. The molecule has 2 heterocycles. The van der Waals surface area contributed by atoms with Crippen LogP contribution in [0.4, 0.5) is 0 Å². The fraction of sp³-hybridized carbons (Fsp3) is 0.571. The lowest BCUT2D eigenvalue weighted by Crippen LogP contribution is -2.42. The van der Waals surface area contributed by atoms with Crippen LogP contribution < -0.4 is 0 Å². The Morgan fingerprint density at radius 3 is 2.81 bits per heavy atom. The van der Waals surface area contributed by atoms with Crippen LogP contribution in [0.2, 0.25) is 0 Å². The van der Waals surface area contributed by atoms with E-state index in [4.69, 9.17) is 4.74 Å². The third-order valence-electron chi connectivity index (χ3n) is 3.91. The van der Waals surface area contributed by atoms with Gasteiger partial charge in [-0.1, -0.05) is 30.3 Å². The van der Waals surface area contributed by atoms with E-state index in [0.29, 0.717) is 18.3 Å². The van der Waals surface area contributed by atoms with Crippen molar-refractivity contribution in [3.63, 3.8) is 0 Å². The van der Waals surface area contributed by atoms with Crippen molar-refractivity contribution in [3.8, 4) is 0 Å². The minimum absolute atomic E-state index is 0.369. The van der Waals surface area contributed by atoms with Gasteiger partial charge in [0.15, 0.2) is 0 Å². The Labute approximate surface area is 97.2 Å². The van der Waals surface area contributed by atoms with E-state index in [1.165, 1.54) is 24.8 Å². The van der Waals surface area contributed by atoms with E-state index in [1.807, 2.05) is 0 Å². The summed E-state index contributed by atoms with van der Waals surface area (Å²) in [6.07, 6.45) is 4.19. The fourth-order valence-electron chi connectivity index (χ4n) is 3.08. The van der Waals surface area contributed by atoms with Crippen molar-refractivity contribution in [2.75, 3.05) is 6.61 Å². The highest BCUT2D eigenvalue weighted by Gasteiger charge is 2.40. The molecule has 2 saturated heterocycles. The Bertz CT molecular complexity index is 351. The summed E-state index contributed by atoms with van der Waals surface area (Å²) < 4.78 is 5.92. The molecule has 3 rings (SSSR count). The lowest BCUT2D eigenvalue weighted by Gasteiger charge is -2.37. The lowest BCUT2D eigenvalue weighted by atomic mass is 9.98. The largest absolute Gasteiger partial charge is 0.361 e. The van der Waals surface area contributed by atoms with Gasteiger partial charge in [-0.3, -0.25) is 4.90 Å². The molecule has 3 atom stereocenters. The number of rotatable bonds is 1. The number of fused-ring (bicyclic) bond motifs is 1. The van der Waals surface area contributed by atoms with E-state index >= 15 is 0 Å². The highest BCUT2D eigenvalue weighted by Crippen LogP contribution is 2.38. The lowest BCUT2D eigenvalue weighted by molar-refractivity contribution is -0.0211. The van der Waals surface area contributed by atoms with Gasteiger partial charge in [0.2, 0.25) is 0 Å². The van der Waals surface area contributed by atoms with Crippen molar-refractivity contribution in [2.45, 2.75) is 44.5 Å². The summed E-state index contributed by atoms with van der Waals surface area (Å²) in [5.41, 5.74) is 1.40. The molecule has 0 bridgehead atoms. The second-order valence-corrected chi connectivity index (χ2v) is 4.94. The quantitative estimate of drug-likeness (QED) is 0.717. The number of benzene rings is 1. The first-order valence-electron chi connectivity index (χ1n) is 6.30. The molecule has 0 amide bonds. The van der Waals surface area contributed by atoms with Gasteiger partial charge < -0.3 is 4.74 Å². The molecule has 0 spiro atoms. The van der Waals surface area contributed by atoms with E-state index in [9.17, 15) is 0 Å². The molecule has 3 unspecified atom stereocenters. The van der Waals surface area contributed by atoms with Crippen LogP contribution >= 0.6 is 0 Å². The zero-order valence-corrected chi connectivity index (χ0v) is 9.80. The van der Waals surface area contributed by atoms with E-state index < -0.39 is 0 Å². The first-order chi connectivity index (χ1) is 7.86. The van der Waals surface area contributed by atoms with Crippen molar-refractivity contribution < 1.29 is 4.74 Å². The predicted octanol–water partition coefficient (Wildman–Crippen LogP) is 2.96. The first-order valence-corrected chi connectivity index (χ1v) is 6.30. The second kappa shape index (κ2) is 4.19. The fourth-order valence-corrected chi connectivity index (χ4v) is 3.08. The smallest absolute Gasteiger partial charge is 0.111 e. The average molecular weight is 217 g/mol. The van der Waals surface area contributed by atoms with Gasteiger partial charge in [-0.15, -0.1) is 0 Å². The van der Waals surface area contributed by atoms with Crippen molar-refractivity contribution in [2.24, 2.45) is 0 Å². The molecule has 0 saturated carbocycles. The van der Waals surface area contributed by atoms with E-state index in [-0.39, 0.29) is 0 Å². The van der Waals surface area contributed by atoms with Crippen LogP contribution in [0.1, 0.15) is 37.8 Å². The molecular formula is C14H19NO. The summed E-state index contributed by atoms with van der Waals surface area (Å²) in [6.45, 7) is 3.19. The van der Waals surface area contributed by atoms with Crippen LogP contribution in [-0.4, -0.2) is 23.8 Å². The average Bonchev–Trinajstić information content (AvgIpc) is 2.75. The van der Waals surface area contributed by atoms with Crippen molar-refractivity contribution >= 4 is 0 Å². The third kappa shape index (κ3) is 1.66. The Hall–Kier alpha value is -0.860. The maximum atomic E-state index is 5.92. The van der Waals surface area contributed by atoms with Crippen molar-refractivity contribution in [3.05, 3.63) is 35.9 Å². The molecule has 0 aromatic heterocycles. The summed E-state index contributed by atoms with van der Waals surface area (Å²) in [5, 5.41) is 0. The molecule has 0 N–H and O–H groups in total. The van der Waals surface area contributed by atoms with E-state index in [1.54, 1.807) is 0 Å². The van der Waals surface area contributed by atoms with Gasteiger partial charge in [-0.2, -0.15) is 0 Å². The highest BCUT2D eigenvalue weighted by atomic mass is 16.5. The summed E-state index contributed by atoms with van der Waals surface area (Å²) in [5.74, 6) is 0. The monoisotopic (exact) mass is 217 g/mol. The topological polar surface area (TPSA) is 12.5 Å². The number of piperidine rings is 1. The third-order valence-corrected chi connectivity index (χ3v) is 3.91. The molecule has 2 fully saturated rings. The van der Waals surface area contributed by atoms with Gasteiger partial charge in [-0.25, -0.2) is 0 Å². The molecule has 2 nitrogen and oxygen atoms in total. The molecule has 1 aromatic carbocycles. The summed E-state index contributed by atoms with van der Waals surface area (Å²) in [6, 6.07) is 11.9. The van der Waals surface area contributed by atoms with Crippen LogP contribution in [0.3, 0.4) is 0 Å². The Morgan fingerprint density at radius 1 is 1.19 bits per heavy atom. The Morgan fingerprint density at radius 2 is 2.00 bits per heavy atom. The maximum Gasteiger partial charge on any atom is 0.111 e. The van der Waals surface area contributed by atoms with Crippen LogP contribution in [0.5, 0.6) is 0 Å². The zero-order chi connectivity index (χ0) is 11.0. The van der Waals surface area contributed by atoms with Crippen molar-refractivity contribution in [1.82, 2.24) is 4.90 Å². The Balaban J connectivity index is 1.86. The molecule has 16 heavy (non-hydrogen) atoms.